The van der Waals surface area contributed by atoms with Gasteiger partial charge in [-0.25, -0.2) is 0 Å². The monoisotopic (exact) mass is 227 g/mol. The highest BCUT2D eigenvalue weighted by Crippen LogP contribution is 2.16. The van der Waals surface area contributed by atoms with Crippen LogP contribution in [0.3, 0.4) is 0 Å². The summed E-state index contributed by atoms with van der Waals surface area (Å²) in [6.45, 7) is 5.19. The highest BCUT2D eigenvalue weighted by Gasteiger charge is 2.22. The summed E-state index contributed by atoms with van der Waals surface area (Å²) >= 11 is 0. The third-order valence-corrected chi connectivity index (χ3v) is 1.63. The summed E-state index contributed by atoms with van der Waals surface area (Å²) in [5, 5.41) is 16.5. The van der Waals surface area contributed by atoms with Gasteiger partial charge in [0.25, 0.3) is 0 Å². The van der Waals surface area contributed by atoms with Crippen LogP contribution in [0.1, 0.15) is 26.5 Å². The summed E-state index contributed by atoms with van der Waals surface area (Å²) in [6, 6.07) is 0. The van der Waals surface area contributed by atoms with Crippen LogP contribution in [0, 0.1) is 10.1 Å². The average Bonchev–Trinajstić information content (AvgIpc) is 2.47. The van der Waals surface area contributed by atoms with E-state index in [4.69, 9.17) is 4.74 Å². The third-order valence-electron chi connectivity index (χ3n) is 1.63. The Kier molecular flexibility index (Phi) is 3.26. The van der Waals surface area contributed by atoms with E-state index in [-0.39, 0.29) is 17.8 Å². The lowest BCUT2D eigenvalue weighted by Gasteiger charge is -2.18. The zero-order valence-electron chi connectivity index (χ0n) is 9.31. The van der Waals surface area contributed by atoms with Gasteiger partial charge < -0.3 is 4.74 Å². The molecule has 1 rings (SSSR count). The van der Waals surface area contributed by atoms with Gasteiger partial charge in [-0.3, -0.25) is 20.0 Å². The Bertz CT molecular complexity index is 405. The lowest BCUT2D eigenvalue weighted by Crippen LogP contribution is -2.25. The van der Waals surface area contributed by atoms with E-state index in [1.54, 1.807) is 20.8 Å². The van der Waals surface area contributed by atoms with Crippen LogP contribution in [0.25, 0.3) is 0 Å². The smallest absolute Gasteiger partial charge is 0.312 e. The Morgan fingerprint density at radius 2 is 2.25 bits per heavy atom. The molecule has 1 N–H and O–H groups in total. The fourth-order valence-electron chi connectivity index (χ4n) is 1.12. The van der Waals surface area contributed by atoms with E-state index in [0.29, 0.717) is 0 Å². The van der Waals surface area contributed by atoms with Gasteiger partial charge in [0, 0.05) is 0 Å². The first-order chi connectivity index (χ1) is 7.29. The second-order valence-electron chi connectivity index (χ2n) is 4.25. The molecule has 0 saturated carbocycles. The molecule has 0 unspecified atom stereocenters. The lowest BCUT2D eigenvalue weighted by atomic mass is 10.2. The molecular weight excluding hydrogens is 214 g/mol. The molecule has 0 fully saturated rings. The minimum Gasteiger partial charge on any atom is -0.460 e. The summed E-state index contributed by atoms with van der Waals surface area (Å²) in [5.41, 5.74) is -0.656. The van der Waals surface area contributed by atoms with E-state index in [9.17, 15) is 14.9 Å². The fraction of sp³-hybridized carbons (Fsp3) is 0.556. The van der Waals surface area contributed by atoms with Crippen molar-refractivity contribution < 1.29 is 14.5 Å². The van der Waals surface area contributed by atoms with Crippen molar-refractivity contribution in [3.05, 3.63) is 22.0 Å². The number of nitrogens with one attached hydrogen (secondary N) is 1. The number of hydrogen-bond donors (Lipinski definition) is 1. The summed E-state index contributed by atoms with van der Waals surface area (Å²) in [6.07, 6.45) is 0.882. The van der Waals surface area contributed by atoms with Gasteiger partial charge in [-0.1, -0.05) is 0 Å². The van der Waals surface area contributed by atoms with Gasteiger partial charge in [0.1, 0.15) is 17.5 Å². The molecular formula is C9H13N3O4. The van der Waals surface area contributed by atoms with Gasteiger partial charge in [-0.2, -0.15) is 5.10 Å². The quantitative estimate of drug-likeness (QED) is 0.475. The highest BCUT2D eigenvalue weighted by atomic mass is 16.6. The van der Waals surface area contributed by atoms with Crippen LogP contribution in [0.2, 0.25) is 0 Å². The molecule has 16 heavy (non-hydrogen) atoms. The molecule has 1 aromatic rings. The Balaban J connectivity index is 2.70. The van der Waals surface area contributed by atoms with Crippen molar-refractivity contribution in [3.8, 4) is 0 Å². The normalized spacial score (nSPS) is 11.2. The number of hydrogen-bond acceptors (Lipinski definition) is 5. The summed E-state index contributed by atoms with van der Waals surface area (Å²) in [7, 11) is 0. The maximum absolute atomic E-state index is 11.4. The van der Waals surface area contributed by atoms with Crippen molar-refractivity contribution in [1.82, 2.24) is 10.2 Å². The van der Waals surface area contributed by atoms with Crippen LogP contribution in [-0.4, -0.2) is 26.7 Å². The Morgan fingerprint density at radius 3 is 2.75 bits per heavy atom. The van der Waals surface area contributed by atoms with Crippen molar-refractivity contribution in [2.24, 2.45) is 0 Å². The first kappa shape index (κ1) is 12.2. The third kappa shape index (κ3) is 3.34. The first-order valence-electron chi connectivity index (χ1n) is 4.68. The molecule has 0 aromatic carbocycles. The van der Waals surface area contributed by atoms with Crippen molar-refractivity contribution in [1.29, 1.82) is 0 Å². The zero-order valence-corrected chi connectivity index (χ0v) is 9.31. The van der Waals surface area contributed by atoms with Crippen LogP contribution in [-0.2, 0) is 16.0 Å². The second-order valence-corrected chi connectivity index (χ2v) is 4.25. The average molecular weight is 227 g/mol. The van der Waals surface area contributed by atoms with Crippen LogP contribution in [0.4, 0.5) is 5.69 Å². The number of aromatic nitrogens is 2. The van der Waals surface area contributed by atoms with Gasteiger partial charge in [-0.05, 0) is 20.8 Å². The predicted octanol–water partition coefficient (Wildman–Crippen LogP) is 1.20. The van der Waals surface area contributed by atoms with Gasteiger partial charge >= 0.3 is 11.7 Å². The van der Waals surface area contributed by atoms with Crippen LogP contribution < -0.4 is 0 Å². The molecule has 0 bridgehead atoms. The SMILES string of the molecule is CC(C)(C)OC(=O)Cc1[nH]ncc1[N+](=O)[O-]. The summed E-state index contributed by atoms with van der Waals surface area (Å²) < 4.78 is 5.04. The Labute approximate surface area is 91.9 Å². The minimum absolute atomic E-state index is 0.152. The van der Waals surface area contributed by atoms with E-state index in [1.807, 2.05) is 0 Å². The van der Waals surface area contributed by atoms with Gasteiger partial charge in [0.05, 0.1) is 11.3 Å². The standard InChI is InChI=1S/C9H13N3O4/c1-9(2,3)16-8(13)4-6-7(12(14)15)5-10-11-6/h5H,4H2,1-3H3,(H,10,11). The minimum atomic E-state index is -0.605. The number of nitro groups is 1. The predicted molar refractivity (Wildman–Crippen MR) is 54.8 cm³/mol. The van der Waals surface area contributed by atoms with Crippen LogP contribution in [0.5, 0.6) is 0 Å². The van der Waals surface area contributed by atoms with E-state index >= 15 is 0 Å². The molecule has 0 aliphatic rings. The molecule has 1 aromatic heterocycles. The van der Waals surface area contributed by atoms with E-state index in [2.05, 4.69) is 10.2 Å². The summed E-state index contributed by atoms with van der Waals surface area (Å²) in [4.78, 5) is 21.4. The molecule has 0 saturated heterocycles. The van der Waals surface area contributed by atoms with Crippen LogP contribution in [0.15, 0.2) is 6.20 Å². The van der Waals surface area contributed by atoms with E-state index in [1.165, 1.54) is 0 Å². The van der Waals surface area contributed by atoms with E-state index < -0.39 is 16.5 Å². The molecule has 0 atom stereocenters. The maximum Gasteiger partial charge on any atom is 0.312 e. The Hall–Kier alpha value is -1.92. The van der Waals surface area contributed by atoms with Crippen molar-refractivity contribution in [3.63, 3.8) is 0 Å². The molecule has 7 nitrogen and oxygen atoms in total. The number of rotatable bonds is 3. The lowest BCUT2D eigenvalue weighted by molar-refractivity contribution is -0.385. The second kappa shape index (κ2) is 4.30. The van der Waals surface area contributed by atoms with E-state index in [0.717, 1.165) is 6.20 Å². The van der Waals surface area contributed by atoms with Crippen molar-refractivity contribution in [2.75, 3.05) is 0 Å². The number of carbonyl (C=O) groups is 1. The molecule has 88 valence electrons. The molecule has 7 heteroatoms. The van der Waals surface area contributed by atoms with Crippen molar-refractivity contribution in [2.45, 2.75) is 32.8 Å². The topological polar surface area (TPSA) is 98.1 Å². The first-order valence-corrected chi connectivity index (χ1v) is 4.68. The zero-order chi connectivity index (χ0) is 12.3. The number of esters is 1. The Morgan fingerprint density at radius 1 is 1.62 bits per heavy atom. The summed E-state index contributed by atoms with van der Waals surface area (Å²) in [5.74, 6) is -0.528. The van der Waals surface area contributed by atoms with Gasteiger partial charge in [0.2, 0.25) is 0 Å². The fourth-order valence-corrected chi connectivity index (χ4v) is 1.12. The number of nitrogens with zero attached hydrogens (tertiary/aromatic N) is 2. The molecule has 1 heterocycles. The molecule has 0 aliphatic heterocycles. The molecule has 0 aliphatic carbocycles. The maximum atomic E-state index is 11.4. The van der Waals surface area contributed by atoms with Crippen LogP contribution >= 0.6 is 0 Å². The number of aromatic amines is 1. The van der Waals surface area contributed by atoms with Gasteiger partial charge in [0.15, 0.2) is 0 Å². The number of carbonyl (C=O) groups excluding carboxylic acids is 1. The number of ether oxygens (including phenoxy) is 1. The largest absolute Gasteiger partial charge is 0.460 e. The van der Waals surface area contributed by atoms with Gasteiger partial charge in [-0.15, -0.1) is 0 Å². The molecule has 0 amide bonds. The molecule has 0 radical (unpaired) electrons. The molecule has 0 spiro atoms. The number of H-pyrrole nitrogens is 1. The van der Waals surface area contributed by atoms with Crippen molar-refractivity contribution >= 4 is 11.7 Å². The highest BCUT2D eigenvalue weighted by molar-refractivity contribution is 5.73.